The Morgan fingerprint density at radius 3 is 2.24 bits per heavy atom. The lowest BCUT2D eigenvalue weighted by molar-refractivity contribution is 0.0696. The molecule has 1 amide bonds. The van der Waals surface area contributed by atoms with E-state index in [-0.39, 0.29) is 16.9 Å². The molecule has 2 rings (SSSR count). The molecule has 2 aromatic carbocycles. The average Bonchev–Trinajstić information content (AvgIpc) is 2.59. The summed E-state index contributed by atoms with van der Waals surface area (Å²) in [5.74, 6) is -2.80. The summed E-state index contributed by atoms with van der Waals surface area (Å²) in [6.45, 7) is 0. The molecular weight excluding hydrogens is 355 g/mol. The summed E-state index contributed by atoms with van der Waals surface area (Å²) in [6, 6.07) is 7.69. The molecule has 0 saturated heterocycles. The molecule has 0 fully saturated rings. The number of rotatable bonds is 6. The lowest BCUT2D eigenvalue weighted by Gasteiger charge is -2.12. The van der Waals surface area contributed by atoms with Crippen molar-refractivity contribution in [2.75, 3.05) is 7.11 Å². The number of benzene rings is 2. The molecule has 0 atom stereocenters. The van der Waals surface area contributed by atoms with E-state index in [9.17, 15) is 22.4 Å². The summed E-state index contributed by atoms with van der Waals surface area (Å²) in [5.41, 5.74) is 1.71. The smallest absolute Gasteiger partial charge is 0.335 e. The fraction of sp³-hybridized carbons (Fsp3) is 0.0667. The van der Waals surface area contributed by atoms with Gasteiger partial charge in [-0.3, -0.25) is 10.2 Å². The first-order valence-corrected chi connectivity index (χ1v) is 8.22. The molecule has 0 aliphatic rings. The molecule has 0 spiro atoms. The maximum absolute atomic E-state index is 12.8. The number of carboxylic acids is 1. The van der Waals surface area contributed by atoms with Crippen LogP contribution in [0.3, 0.4) is 0 Å². The van der Waals surface area contributed by atoms with Crippen LogP contribution in [0.25, 0.3) is 0 Å². The van der Waals surface area contributed by atoms with Crippen LogP contribution in [0.2, 0.25) is 0 Å². The van der Waals surface area contributed by atoms with Crippen molar-refractivity contribution in [2.45, 2.75) is 4.90 Å². The molecule has 132 valence electrons. The molecule has 0 heterocycles. The van der Waals surface area contributed by atoms with Crippen LogP contribution < -0.4 is 15.0 Å². The minimum Gasteiger partial charge on any atom is -0.495 e. The predicted molar refractivity (Wildman–Crippen MR) is 84.1 cm³/mol. The Kier molecular flexibility index (Phi) is 5.35. The van der Waals surface area contributed by atoms with Gasteiger partial charge in [-0.05, 0) is 42.5 Å². The largest absolute Gasteiger partial charge is 0.495 e. The highest BCUT2D eigenvalue weighted by molar-refractivity contribution is 7.89. The van der Waals surface area contributed by atoms with Crippen LogP contribution >= 0.6 is 0 Å². The second-order valence-electron chi connectivity index (χ2n) is 4.74. The number of amides is 1. The molecule has 0 unspecified atom stereocenters. The zero-order valence-corrected chi connectivity index (χ0v) is 13.6. The number of hydrazine groups is 1. The monoisotopic (exact) mass is 368 g/mol. The Labute approximate surface area is 142 Å². The number of carbonyl (C=O) groups is 2. The van der Waals surface area contributed by atoms with Gasteiger partial charge in [-0.2, -0.15) is 0 Å². The molecular formula is C15H13FN2O6S. The molecule has 0 aromatic heterocycles. The van der Waals surface area contributed by atoms with Crippen LogP contribution in [-0.2, 0) is 10.0 Å². The van der Waals surface area contributed by atoms with Crippen molar-refractivity contribution in [1.82, 2.24) is 10.3 Å². The van der Waals surface area contributed by atoms with Gasteiger partial charge in [-0.15, -0.1) is 4.83 Å². The summed E-state index contributed by atoms with van der Waals surface area (Å²) < 4.78 is 42.4. The van der Waals surface area contributed by atoms with E-state index in [1.54, 1.807) is 0 Å². The minimum atomic E-state index is -4.31. The molecule has 3 N–H and O–H groups in total. The van der Waals surface area contributed by atoms with E-state index in [1.807, 2.05) is 10.3 Å². The van der Waals surface area contributed by atoms with Gasteiger partial charge in [0.2, 0.25) is 0 Å². The summed E-state index contributed by atoms with van der Waals surface area (Å²) in [4.78, 5) is 24.3. The second kappa shape index (κ2) is 7.28. The van der Waals surface area contributed by atoms with Crippen LogP contribution in [0.4, 0.5) is 4.39 Å². The van der Waals surface area contributed by atoms with Crippen LogP contribution in [0, 0.1) is 5.82 Å². The number of ether oxygens (including phenoxy) is 1. The van der Waals surface area contributed by atoms with Crippen LogP contribution in [0.1, 0.15) is 20.7 Å². The number of carboxylic acid groups (broad SMARTS) is 1. The first-order valence-electron chi connectivity index (χ1n) is 6.73. The van der Waals surface area contributed by atoms with Gasteiger partial charge in [0.1, 0.15) is 16.5 Å². The Bertz CT molecular complexity index is 912. The summed E-state index contributed by atoms with van der Waals surface area (Å²) in [6.07, 6.45) is 0. The maximum atomic E-state index is 12.8. The highest BCUT2D eigenvalue weighted by Crippen LogP contribution is 2.24. The van der Waals surface area contributed by atoms with Gasteiger partial charge < -0.3 is 9.84 Å². The van der Waals surface area contributed by atoms with Gasteiger partial charge in [0, 0.05) is 5.56 Å². The molecule has 0 saturated carbocycles. The standard InChI is InChI=1S/C15H13FN2O6S/c1-24-12-7-4-10(15(20)21)8-13(12)25(22,23)18-17-14(19)9-2-5-11(16)6-3-9/h2-8,18H,1H3,(H,17,19)(H,20,21). The van der Waals surface area contributed by atoms with Crippen LogP contribution in [0.15, 0.2) is 47.4 Å². The Balaban J connectivity index is 2.24. The molecule has 0 bridgehead atoms. The van der Waals surface area contributed by atoms with E-state index in [0.29, 0.717) is 0 Å². The first-order chi connectivity index (χ1) is 11.7. The predicted octanol–water partition coefficient (Wildman–Crippen LogP) is 1.16. The highest BCUT2D eigenvalue weighted by Gasteiger charge is 2.22. The number of sulfonamides is 1. The zero-order valence-electron chi connectivity index (χ0n) is 12.8. The maximum Gasteiger partial charge on any atom is 0.335 e. The average molecular weight is 368 g/mol. The fourth-order valence-corrected chi connectivity index (χ4v) is 2.90. The molecule has 0 aliphatic carbocycles. The van der Waals surface area contributed by atoms with E-state index >= 15 is 0 Å². The topological polar surface area (TPSA) is 122 Å². The van der Waals surface area contributed by atoms with Crippen molar-refractivity contribution < 1.29 is 32.2 Å². The Morgan fingerprint density at radius 2 is 1.68 bits per heavy atom. The van der Waals surface area contributed by atoms with E-state index in [4.69, 9.17) is 9.84 Å². The van der Waals surface area contributed by atoms with Crippen molar-refractivity contribution in [1.29, 1.82) is 0 Å². The SMILES string of the molecule is COc1ccc(C(=O)O)cc1S(=O)(=O)NNC(=O)c1ccc(F)cc1. The number of nitrogens with one attached hydrogen (secondary N) is 2. The van der Waals surface area contributed by atoms with Gasteiger partial charge in [0.05, 0.1) is 12.7 Å². The lowest BCUT2D eigenvalue weighted by atomic mass is 10.2. The van der Waals surface area contributed by atoms with Crippen molar-refractivity contribution in [2.24, 2.45) is 0 Å². The number of hydrogen-bond donors (Lipinski definition) is 3. The van der Waals surface area contributed by atoms with Crippen molar-refractivity contribution in [3.05, 3.63) is 59.4 Å². The van der Waals surface area contributed by atoms with E-state index in [0.717, 1.165) is 18.2 Å². The first kappa shape index (κ1) is 18.4. The van der Waals surface area contributed by atoms with Crippen LogP contribution in [-0.4, -0.2) is 32.5 Å². The van der Waals surface area contributed by atoms with Gasteiger partial charge in [0.15, 0.2) is 0 Å². The van der Waals surface area contributed by atoms with Gasteiger partial charge in [0.25, 0.3) is 15.9 Å². The van der Waals surface area contributed by atoms with Gasteiger partial charge in [-0.1, -0.05) is 0 Å². The molecule has 25 heavy (non-hydrogen) atoms. The van der Waals surface area contributed by atoms with Crippen molar-refractivity contribution in [3.63, 3.8) is 0 Å². The number of carbonyl (C=O) groups excluding carboxylic acids is 1. The number of aromatic carboxylic acids is 1. The molecule has 8 nitrogen and oxygen atoms in total. The normalized spacial score (nSPS) is 11.0. The Morgan fingerprint density at radius 1 is 1.08 bits per heavy atom. The second-order valence-corrected chi connectivity index (χ2v) is 6.39. The van der Waals surface area contributed by atoms with Gasteiger partial charge >= 0.3 is 5.97 Å². The third-order valence-corrected chi connectivity index (χ3v) is 4.37. The zero-order chi connectivity index (χ0) is 18.6. The van der Waals surface area contributed by atoms with Crippen molar-refractivity contribution in [3.8, 4) is 5.75 Å². The highest BCUT2D eigenvalue weighted by atomic mass is 32.2. The Hall–Kier alpha value is -2.98. The number of methoxy groups -OCH3 is 1. The minimum absolute atomic E-state index is 0.0235. The summed E-state index contributed by atoms with van der Waals surface area (Å²) >= 11 is 0. The van der Waals surface area contributed by atoms with Crippen molar-refractivity contribution >= 4 is 21.9 Å². The third-order valence-electron chi connectivity index (χ3n) is 3.11. The van der Waals surface area contributed by atoms with Crippen LogP contribution in [0.5, 0.6) is 5.75 Å². The van der Waals surface area contributed by atoms with Gasteiger partial charge in [-0.25, -0.2) is 17.6 Å². The summed E-state index contributed by atoms with van der Waals surface area (Å²) in [5, 5.41) is 8.97. The quantitative estimate of drug-likeness (QED) is 0.658. The molecule has 0 radical (unpaired) electrons. The number of halogens is 1. The van der Waals surface area contributed by atoms with E-state index < -0.39 is 32.6 Å². The summed E-state index contributed by atoms with van der Waals surface area (Å²) in [7, 11) is -3.10. The molecule has 0 aliphatic heterocycles. The molecule has 10 heteroatoms. The fourth-order valence-electron chi connectivity index (χ4n) is 1.86. The number of hydrogen-bond acceptors (Lipinski definition) is 5. The molecule has 2 aromatic rings. The lowest BCUT2D eigenvalue weighted by Crippen LogP contribution is -2.41. The van der Waals surface area contributed by atoms with E-state index in [2.05, 4.69) is 0 Å². The van der Waals surface area contributed by atoms with E-state index in [1.165, 1.54) is 31.4 Å². The third kappa shape index (κ3) is 4.31.